The molecule has 1 saturated heterocycles. The van der Waals surface area contributed by atoms with Gasteiger partial charge in [0, 0.05) is 12.6 Å². The van der Waals surface area contributed by atoms with E-state index in [2.05, 4.69) is 50.0 Å². The molecule has 4 nitrogen and oxygen atoms in total. The predicted octanol–water partition coefficient (Wildman–Crippen LogP) is 0.883. The number of hydrogen-bond donors (Lipinski definition) is 1. The van der Waals surface area contributed by atoms with Gasteiger partial charge >= 0.3 is 0 Å². The predicted molar refractivity (Wildman–Crippen MR) is 68.6 cm³/mol. The summed E-state index contributed by atoms with van der Waals surface area (Å²) in [5.74, 6) is 0.790. The Morgan fingerprint density at radius 3 is 2.41 bits per heavy atom. The molecule has 1 aliphatic heterocycles. The molecule has 1 saturated carbocycles. The Labute approximate surface area is 104 Å². The zero-order chi connectivity index (χ0) is 12.8. The maximum absolute atomic E-state index is 12.4. The maximum atomic E-state index is 12.4. The summed E-state index contributed by atoms with van der Waals surface area (Å²) in [7, 11) is 4.13. The monoisotopic (exact) mass is 239 g/mol. The first kappa shape index (κ1) is 12.8. The summed E-state index contributed by atoms with van der Waals surface area (Å²) in [4.78, 5) is 16.6. The van der Waals surface area contributed by atoms with Crippen molar-refractivity contribution in [2.24, 2.45) is 5.92 Å². The molecule has 1 amide bonds. The molecule has 2 aliphatic rings. The van der Waals surface area contributed by atoms with Gasteiger partial charge in [0.2, 0.25) is 5.91 Å². The van der Waals surface area contributed by atoms with Crippen LogP contribution in [0, 0.1) is 5.92 Å². The fourth-order valence-electron chi connectivity index (χ4n) is 2.48. The molecule has 98 valence electrons. The van der Waals surface area contributed by atoms with E-state index in [-0.39, 0.29) is 11.7 Å². The highest BCUT2D eigenvalue weighted by atomic mass is 16.2. The Morgan fingerprint density at radius 1 is 1.41 bits per heavy atom. The third-order valence-corrected chi connectivity index (χ3v) is 4.15. The van der Waals surface area contributed by atoms with Crippen LogP contribution in [0.15, 0.2) is 0 Å². The average Bonchev–Trinajstić information content (AvgIpc) is 2.96. The minimum atomic E-state index is -0.180. The molecular formula is C13H25N3O. The minimum absolute atomic E-state index is 0.180. The Kier molecular flexibility index (Phi) is 3.21. The minimum Gasteiger partial charge on any atom is -0.324 e. The van der Waals surface area contributed by atoms with Crippen LogP contribution in [0.2, 0.25) is 0 Å². The number of nitrogens with zero attached hydrogens (tertiary/aromatic N) is 2. The fourth-order valence-corrected chi connectivity index (χ4v) is 2.48. The van der Waals surface area contributed by atoms with Crippen molar-refractivity contribution in [3.05, 3.63) is 0 Å². The van der Waals surface area contributed by atoms with E-state index in [1.54, 1.807) is 0 Å². The first-order chi connectivity index (χ1) is 7.87. The van der Waals surface area contributed by atoms with E-state index in [1.807, 2.05) is 0 Å². The highest BCUT2D eigenvalue weighted by Crippen LogP contribution is 2.43. The zero-order valence-electron chi connectivity index (χ0n) is 11.7. The van der Waals surface area contributed by atoms with Gasteiger partial charge in [-0.15, -0.1) is 0 Å². The number of likely N-dealkylation sites (N-methyl/N-ethyl adjacent to an activating group) is 1. The molecule has 2 fully saturated rings. The highest BCUT2D eigenvalue weighted by molar-refractivity contribution is 5.91. The van der Waals surface area contributed by atoms with Crippen LogP contribution < -0.4 is 5.32 Å². The van der Waals surface area contributed by atoms with E-state index in [4.69, 9.17) is 0 Å². The number of carbonyl (C=O) groups is 1. The lowest BCUT2D eigenvalue weighted by Gasteiger charge is -2.31. The van der Waals surface area contributed by atoms with Gasteiger partial charge in [-0.05, 0) is 39.8 Å². The van der Waals surface area contributed by atoms with Gasteiger partial charge in [0.25, 0.3) is 0 Å². The largest absolute Gasteiger partial charge is 0.324 e. The lowest BCUT2D eigenvalue weighted by molar-refractivity contribution is -0.131. The van der Waals surface area contributed by atoms with Crippen LogP contribution in [-0.2, 0) is 4.79 Å². The number of amides is 1. The highest BCUT2D eigenvalue weighted by Gasteiger charge is 2.59. The van der Waals surface area contributed by atoms with Crippen LogP contribution in [0.1, 0.15) is 33.6 Å². The summed E-state index contributed by atoms with van der Waals surface area (Å²) in [6.45, 7) is 7.35. The van der Waals surface area contributed by atoms with Gasteiger partial charge in [-0.25, -0.2) is 0 Å². The van der Waals surface area contributed by atoms with E-state index >= 15 is 0 Å². The molecule has 17 heavy (non-hydrogen) atoms. The van der Waals surface area contributed by atoms with E-state index in [1.165, 1.54) is 0 Å². The molecule has 2 unspecified atom stereocenters. The topological polar surface area (TPSA) is 35.6 Å². The third kappa shape index (κ3) is 2.20. The van der Waals surface area contributed by atoms with E-state index < -0.39 is 0 Å². The summed E-state index contributed by atoms with van der Waals surface area (Å²) in [6, 6.07) is 0.399. The molecule has 0 radical (unpaired) electrons. The standard InChI is InChI=1S/C13H25N3O/c1-9(2)11-14-13(6-7-13)12(17)16(11)8-10(3)15(4)5/h9-11,14H,6-8H2,1-5H3. The molecule has 2 atom stereocenters. The Hall–Kier alpha value is -0.610. The first-order valence-corrected chi connectivity index (χ1v) is 6.62. The Bertz CT molecular complexity index is 310. The number of rotatable bonds is 4. The van der Waals surface area contributed by atoms with Crippen LogP contribution in [0.4, 0.5) is 0 Å². The zero-order valence-corrected chi connectivity index (χ0v) is 11.7. The second-order valence-electron chi connectivity index (χ2n) is 6.19. The lowest BCUT2D eigenvalue weighted by Crippen LogP contribution is -2.47. The summed E-state index contributed by atoms with van der Waals surface area (Å²) in [5, 5.41) is 3.54. The van der Waals surface area contributed by atoms with Crippen LogP contribution >= 0.6 is 0 Å². The SMILES string of the molecule is CC(C)C1NC2(CC2)C(=O)N1CC(C)N(C)C. The normalized spacial score (nSPS) is 28.5. The molecule has 2 rings (SSSR count). The summed E-state index contributed by atoms with van der Waals surface area (Å²) < 4.78 is 0. The van der Waals surface area contributed by atoms with Crippen LogP contribution in [0.3, 0.4) is 0 Å². The van der Waals surface area contributed by atoms with Gasteiger partial charge in [-0.1, -0.05) is 13.8 Å². The summed E-state index contributed by atoms with van der Waals surface area (Å²) in [6.07, 6.45) is 2.25. The quantitative estimate of drug-likeness (QED) is 0.791. The maximum Gasteiger partial charge on any atom is 0.244 e. The van der Waals surface area contributed by atoms with E-state index in [9.17, 15) is 4.79 Å². The second kappa shape index (κ2) is 4.25. The van der Waals surface area contributed by atoms with Crippen molar-refractivity contribution in [1.82, 2.24) is 15.1 Å². The smallest absolute Gasteiger partial charge is 0.244 e. The van der Waals surface area contributed by atoms with Crippen LogP contribution in [0.25, 0.3) is 0 Å². The molecule has 1 aliphatic carbocycles. The van der Waals surface area contributed by atoms with E-state index in [0.29, 0.717) is 17.9 Å². The van der Waals surface area contributed by atoms with Crippen LogP contribution in [0.5, 0.6) is 0 Å². The summed E-state index contributed by atoms with van der Waals surface area (Å²) >= 11 is 0. The van der Waals surface area contributed by atoms with Gasteiger partial charge in [0.15, 0.2) is 0 Å². The molecule has 0 aromatic carbocycles. The molecule has 0 aromatic rings. The molecule has 0 bridgehead atoms. The van der Waals surface area contributed by atoms with Gasteiger partial charge in [0.1, 0.15) is 0 Å². The molecule has 1 heterocycles. The van der Waals surface area contributed by atoms with Crippen molar-refractivity contribution in [3.63, 3.8) is 0 Å². The first-order valence-electron chi connectivity index (χ1n) is 6.62. The molecule has 4 heteroatoms. The lowest BCUT2D eigenvalue weighted by atomic mass is 10.1. The number of hydrogen-bond acceptors (Lipinski definition) is 3. The van der Waals surface area contributed by atoms with Gasteiger partial charge in [0.05, 0.1) is 11.7 Å². The van der Waals surface area contributed by atoms with Crippen molar-refractivity contribution in [2.45, 2.75) is 51.4 Å². The van der Waals surface area contributed by atoms with Crippen molar-refractivity contribution in [3.8, 4) is 0 Å². The van der Waals surface area contributed by atoms with Gasteiger partial charge in [-0.2, -0.15) is 0 Å². The van der Waals surface area contributed by atoms with Gasteiger partial charge in [-0.3, -0.25) is 10.1 Å². The Morgan fingerprint density at radius 2 is 2.00 bits per heavy atom. The van der Waals surface area contributed by atoms with Crippen molar-refractivity contribution < 1.29 is 4.79 Å². The Balaban J connectivity index is 2.09. The summed E-state index contributed by atoms with van der Waals surface area (Å²) in [5.41, 5.74) is -0.180. The fraction of sp³-hybridized carbons (Fsp3) is 0.923. The van der Waals surface area contributed by atoms with E-state index in [0.717, 1.165) is 19.4 Å². The van der Waals surface area contributed by atoms with Crippen molar-refractivity contribution >= 4 is 5.91 Å². The average molecular weight is 239 g/mol. The molecule has 1 spiro atoms. The van der Waals surface area contributed by atoms with Crippen molar-refractivity contribution in [2.75, 3.05) is 20.6 Å². The second-order valence-corrected chi connectivity index (χ2v) is 6.19. The number of carbonyl (C=O) groups excluding carboxylic acids is 1. The van der Waals surface area contributed by atoms with Crippen molar-refractivity contribution in [1.29, 1.82) is 0 Å². The number of nitrogens with one attached hydrogen (secondary N) is 1. The molecular weight excluding hydrogens is 214 g/mol. The molecule has 0 aromatic heterocycles. The van der Waals surface area contributed by atoms with Crippen LogP contribution in [-0.4, -0.2) is 54.1 Å². The van der Waals surface area contributed by atoms with Gasteiger partial charge < -0.3 is 9.80 Å². The third-order valence-electron chi connectivity index (χ3n) is 4.15. The molecule has 1 N–H and O–H groups in total.